The maximum atomic E-state index is 11.9. The Bertz CT molecular complexity index is 667. The number of allylic oxidation sites excluding steroid dienone is 2. The molecule has 6 heteroatoms. The Morgan fingerprint density at radius 3 is 2.60 bits per heavy atom. The topological polar surface area (TPSA) is 32.8 Å². The highest BCUT2D eigenvalue weighted by molar-refractivity contribution is 8.26. The molecule has 2 aliphatic heterocycles. The zero-order valence-electron chi connectivity index (χ0n) is 11.0. The molecule has 1 amide bonds. The summed E-state index contributed by atoms with van der Waals surface area (Å²) in [6, 6.07) is 7.79. The van der Waals surface area contributed by atoms with Crippen LogP contribution in [0.4, 0.5) is 5.69 Å². The minimum Gasteiger partial charge on any atom is -0.439 e. The van der Waals surface area contributed by atoms with Gasteiger partial charge >= 0.3 is 0 Å². The molecular formula is C14H12N2O2S2. The van der Waals surface area contributed by atoms with Crippen molar-refractivity contribution < 1.29 is 9.53 Å². The Morgan fingerprint density at radius 2 is 1.95 bits per heavy atom. The van der Waals surface area contributed by atoms with Gasteiger partial charge in [-0.3, -0.25) is 9.69 Å². The van der Waals surface area contributed by atoms with Crippen molar-refractivity contribution in [3.63, 3.8) is 0 Å². The number of carbonyl (C=O) groups excluding carboxylic acids is 1. The Morgan fingerprint density at radius 1 is 1.20 bits per heavy atom. The van der Waals surface area contributed by atoms with Crippen LogP contribution in [0.2, 0.25) is 0 Å². The highest BCUT2D eigenvalue weighted by atomic mass is 32.2. The fraction of sp³-hybridized carbons (Fsp3) is 0.143. The van der Waals surface area contributed by atoms with Crippen LogP contribution in [0.3, 0.4) is 0 Å². The van der Waals surface area contributed by atoms with Gasteiger partial charge < -0.3 is 9.64 Å². The van der Waals surface area contributed by atoms with Crippen LogP contribution in [-0.4, -0.2) is 29.2 Å². The molecule has 0 unspecified atom stereocenters. The van der Waals surface area contributed by atoms with E-state index in [1.54, 1.807) is 19.2 Å². The van der Waals surface area contributed by atoms with E-state index in [1.807, 2.05) is 36.2 Å². The summed E-state index contributed by atoms with van der Waals surface area (Å²) in [6.07, 6.45) is 3.54. The molecule has 3 rings (SSSR count). The van der Waals surface area contributed by atoms with Gasteiger partial charge in [0.1, 0.15) is 4.32 Å². The molecule has 1 aromatic rings. The van der Waals surface area contributed by atoms with Crippen molar-refractivity contribution in [2.75, 3.05) is 19.0 Å². The van der Waals surface area contributed by atoms with Crippen molar-refractivity contribution in [1.82, 2.24) is 4.90 Å². The molecule has 102 valence electrons. The third kappa shape index (κ3) is 2.10. The normalized spacial score (nSPS) is 21.9. The smallest absolute Gasteiger partial charge is 0.265 e. The number of thioether (sulfide) groups is 1. The summed E-state index contributed by atoms with van der Waals surface area (Å²) >= 11 is 6.39. The molecule has 0 radical (unpaired) electrons. The molecule has 0 aromatic heterocycles. The zero-order chi connectivity index (χ0) is 14.3. The van der Waals surface area contributed by atoms with Crippen molar-refractivity contribution in [2.45, 2.75) is 0 Å². The molecule has 0 saturated carbocycles. The van der Waals surface area contributed by atoms with Crippen molar-refractivity contribution in [2.24, 2.45) is 0 Å². The molecule has 1 aromatic carbocycles. The first-order valence-corrected chi connectivity index (χ1v) is 7.23. The van der Waals surface area contributed by atoms with Gasteiger partial charge in [0, 0.05) is 20.2 Å². The van der Waals surface area contributed by atoms with Gasteiger partial charge in [-0.05, 0) is 18.2 Å². The van der Waals surface area contributed by atoms with E-state index in [0.717, 1.165) is 11.4 Å². The van der Waals surface area contributed by atoms with Crippen molar-refractivity contribution >= 4 is 39.9 Å². The lowest BCUT2D eigenvalue weighted by Crippen LogP contribution is -2.22. The molecule has 4 nitrogen and oxygen atoms in total. The third-order valence-corrected chi connectivity index (χ3v) is 4.64. The van der Waals surface area contributed by atoms with Crippen LogP contribution in [-0.2, 0) is 4.79 Å². The monoisotopic (exact) mass is 304 g/mol. The summed E-state index contributed by atoms with van der Waals surface area (Å²) < 4.78 is 6.32. The Balaban J connectivity index is 1.86. The second-order valence-corrected chi connectivity index (χ2v) is 6.07. The summed E-state index contributed by atoms with van der Waals surface area (Å²) in [5.41, 5.74) is 1.01. The minimum atomic E-state index is -0.0741. The summed E-state index contributed by atoms with van der Waals surface area (Å²) in [6.45, 7) is 0. The molecular weight excluding hydrogens is 292 g/mol. The number of hydrogen-bond donors (Lipinski definition) is 0. The maximum absolute atomic E-state index is 11.9. The molecule has 1 fully saturated rings. The average molecular weight is 304 g/mol. The molecule has 2 heterocycles. The largest absolute Gasteiger partial charge is 0.439 e. The maximum Gasteiger partial charge on any atom is 0.265 e. The summed E-state index contributed by atoms with van der Waals surface area (Å²) in [4.78, 5) is 15.9. The lowest BCUT2D eigenvalue weighted by atomic mass is 10.3. The Labute approximate surface area is 126 Å². The first kappa shape index (κ1) is 13.2. The summed E-state index contributed by atoms with van der Waals surface area (Å²) in [5.74, 6) is 1.43. The van der Waals surface area contributed by atoms with Crippen molar-refractivity contribution in [3.05, 3.63) is 47.2 Å². The van der Waals surface area contributed by atoms with E-state index >= 15 is 0 Å². The molecule has 0 atom stereocenters. The number of benzene rings is 1. The van der Waals surface area contributed by atoms with Gasteiger partial charge in [0.05, 0.1) is 10.6 Å². The summed E-state index contributed by atoms with van der Waals surface area (Å²) in [7, 11) is 3.61. The fourth-order valence-corrected chi connectivity index (χ4v) is 3.09. The quantitative estimate of drug-likeness (QED) is 0.588. The SMILES string of the molecule is CN1C(=O)C(=CC=C2Oc3ccccc3N2C)SC1=S. The van der Waals surface area contributed by atoms with Crippen molar-refractivity contribution in [1.29, 1.82) is 0 Å². The van der Waals surface area contributed by atoms with Crippen molar-refractivity contribution in [3.8, 4) is 5.75 Å². The van der Waals surface area contributed by atoms with Gasteiger partial charge in [-0.1, -0.05) is 36.1 Å². The minimum absolute atomic E-state index is 0.0741. The van der Waals surface area contributed by atoms with Crippen LogP contribution in [0.5, 0.6) is 5.75 Å². The van der Waals surface area contributed by atoms with Crippen LogP contribution in [0, 0.1) is 0 Å². The number of amides is 1. The second kappa shape index (κ2) is 4.96. The number of hydrogen-bond acceptors (Lipinski definition) is 5. The second-order valence-electron chi connectivity index (χ2n) is 4.40. The molecule has 0 N–H and O–H groups in total. The van der Waals surface area contributed by atoms with E-state index in [2.05, 4.69) is 0 Å². The number of nitrogens with zero attached hydrogens (tertiary/aromatic N) is 2. The van der Waals surface area contributed by atoms with Crippen LogP contribution in [0.1, 0.15) is 0 Å². The lowest BCUT2D eigenvalue weighted by molar-refractivity contribution is -0.121. The number of ether oxygens (including phenoxy) is 1. The van der Waals surface area contributed by atoms with Gasteiger partial charge in [0.15, 0.2) is 11.6 Å². The molecule has 20 heavy (non-hydrogen) atoms. The average Bonchev–Trinajstić information content (AvgIpc) is 2.90. The Hall–Kier alpha value is -1.79. The molecule has 0 aliphatic carbocycles. The van der Waals surface area contributed by atoms with E-state index in [4.69, 9.17) is 17.0 Å². The van der Waals surface area contributed by atoms with Crippen LogP contribution in [0.25, 0.3) is 0 Å². The standard InChI is InChI=1S/C14H12N2O2S2/c1-15-9-5-3-4-6-10(9)18-12(15)8-7-11-13(17)16(2)14(19)20-11/h3-8H,1-2H3. The van der Waals surface area contributed by atoms with E-state index in [9.17, 15) is 4.79 Å². The number of rotatable bonds is 1. The van der Waals surface area contributed by atoms with Crippen LogP contribution >= 0.6 is 24.0 Å². The number of carbonyl (C=O) groups is 1. The van der Waals surface area contributed by atoms with Gasteiger partial charge in [0.25, 0.3) is 5.91 Å². The van der Waals surface area contributed by atoms with Crippen LogP contribution < -0.4 is 9.64 Å². The zero-order valence-corrected chi connectivity index (χ0v) is 12.6. The van der Waals surface area contributed by atoms with E-state index < -0.39 is 0 Å². The third-order valence-electron chi connectivity index (χ3n) is 3.14. The first-order chi connectivity index (χ1) is 9.58. The number of thiocarbonyl (C=S) groups is 1. The molecule has 0 spiro atoms. The number of likely N-dealkylation sites (N-methyl/N-ethyl adjacent to an activating group) is 1. The fourth-order valence-electron chi connectivity index (χ4n) is 1.97. The van der Waals surface area contributed by atoms with Gasteiger partial charge in [-0.2, -0.15) is 0 Å². The lowest BCUT2D eigenvalue weighted by Gasteiger charge is -2.09. The van der Waals surface area contributed by atoms with Gasteiger partial charge in [0.2, 0.25) is 0 Å². The predicted octanol–water partition coefficient (Wildman–Crippen LogP) is 2.73. The molecule has 0 bridgehead atoms. The van der Waals surface area contributed by atoms with Gasteiger partial charge in [-0.25, -0.2) is 0 Å². The molecule has 2 aliphatic rings. The highest BCUT2D eigenvalue weighted by Gasteiger charge is 2.28. The summed E-state index contributed by atoms with van der Waals surface area (Å²) in [5, 5.41) is 0. The number of anilines is 1. The van der Waals surface area contributed by atoms with E-state index in [1.165, 1.54) is 16.7 Å². The first-order valence-electron chi connectivity index (χ1n) is 6.00. The van der Waals surface area contributed by atoms with E-state index in [-0.39, 0.29) is 5.91 Å². The highest BCUT2D eigenvalue weighted by Crippen LogP contribution is 2.37. The van der Waals surface area contributed by atoms with Crippen LogP contribution in [0.15, 0.2) is 47.2 Å². The van der Waals surface area contributed by atoms with Gasteiger partial charge in [-0.15, -0.1) is 0 Å². The predicted molar refractivity (Wildman–Crippen MR) is 84.6 cm³/mol. The number of fused-ring (bicyclic) bond motifs is 1. The Kier molecular flexibility index (Phi) is 3.27. The molecule has 1 saturated heterocycles. The van der Waals surface area contributed by atoms with E-state index in [0.29, 0.717) is 15.1 Å². The number of para-hydroxylation sites is 2.